The number of rotatable bonds is 3. The molecule has 17 heavy (non-hydrogen) atoms. The van der Waals surface area contributed by atoms with E-state index in [1.54, 1.807) is 12.1 Å². The molecule has 0 saturated heterocycles. The predicted molar refractivity (Wildman–Crippen MR) is 62.8 cm³/mol. The highest BCUT2D eigenvalue weighted by atomic mass is 35.5. The molecule has 0 aliphatic heterocycles. The average Bonchev–Trinajstić information content (AvgIpc) is 2.96. The number of aromatic hydroxyl groups is 1. The monoisotopic (exact) mass is 250 g/mol. The van der Waals surface area contributed by atoms with Crippen LogP contribution in [0.5, 0.6) is 5.75 Å². The summed E-state index contributed by atoms with van der Waals surface area (Å²) in [5.74, 6) is 1.81. The normalized spacial score (nSPS) is 15.1. The molecule has 0 radical (unpaired) electrons. The minimum absolute atomic E-state index is 0.0547. The second kappa shape index (κ2) is 4.04. The van der Waals surface area contributed by atoms with Crippen molar-refractivity contribution < 1.29 is 9.63 Å². The molecule has 1 saturated carbocycles. The Morgan fingerprint density at radius 1 is 1.41 bits per heavy atom. The molecule has 1 aromatic carbocycles. The minimum atomic E-state index is 0.0547. The molecular weight excluding hydrogens is 240 g/mol. The fourth-order valence-corrected chi connectivity index (χ4v) is 1.88. The molecule has 0 spiro atoms. The van der Waals surface area contributed by atoms with Gasteiger partial charge in [0.15, 0.2) is 5.82 Å². The summed E-state index contributed by atoms with van der Waals surface area (Å²) in [7, 11) is 0. The second-order valence-electron chi connectivity index (χ2n) is 4.32. The Labute approximate surface area is 103 Å². The SMILES string of the molecule is Oc1cc(Cl)ccc1-c1nc(CC2CC2)no1. The third-order valence-corrected chi connectivity index (χ3v) is 3.06. The Morgan fingerprint density at radius 2 is 2.24 bits per heavy atom. The molecule has 1 aliphatic rings. The van der Waals surface area contributed by atoms with Crippen LogP contribution < -0.4 is 0 Å². The number of nitrogens with zero attached hydrogens (tertiary/aromatic N) is 2. The lowest BCUT2D eigenvalue weighted by Crippen LogP contribution is -1.89. The van der Waals surface area contributed by atoms with Gasteiger partial charge >= 0.3 is 0 Å². The molecule has 0 amide bonds. The van der Waals surface area contributed by atoms with Gasteiger partial charge in [-0.05, 0) is 37.0 Å². The molecule has 0 atom stereocenters. The summed E-state index contributed by atoms with van der Waals surface area (Å²) in [6.45, 7) is 0. The van der Waals surface area contributed by atoms with E-state index in [0.29, 0.717) is 28.2 Å². The quantitative estimate of drug-likeness (QED) is 0.910. The fourth-order valence-electron chi connectivity index (χ4n) is 1.71. The second-order valence-corrected chi connectivity index (χ2v) is 4.76. The lowest BCUT2D eigenvalue weighted by atomic mass is 10.2. The van der Waals surface area contributed by atoms with E-state index >= 15 is 0 Å². The molecule has 4 nitrogen and oxygen atoms in total. The van der Waals surface area contributed by atoms with Gasteiger partial charge in [0.25, 0.3) is 5.89 Å². The van der Waals surface area contributed by atoms with Crippen molar-refractivity contribution in [1.29, 1.82) is 0 Å². The number of hydrogen-bond acceptors (Lipinski definition) is 4. The van der Waals surface area contributed by atoms with Gasteiger partial charge in [-0.15, -0.1) is 0 Å². The van der Waals surface area contributed by atoms with Gasteiger partial charge in [-0.25, -0.2) is 0 Å². The minimum Gasteiger partial charge on any atom is -0.507 e. The first kappa shape index (κ1) is 10.6. The zero-order chi connectivity index (χ0) is 11.8. The first-order valence-corrected chi connectivity index (χ1v) is 5.91. The summed E-state index contributed by atoms with van der Waals surface area (Å²) < 4.78 is 5.14. The fraction of sp³-hybridized carbons (Fsp3) is 0.333. The van der Waals surface area contributed by atoms with Crippen molar-refractivity contribution in [3.63, 3.8) is 0 Å². The van der Waals surface area contributed by atoms with Crippen molar-refractivity contribution in [1.82, 2.24) is 10.1 Å². The summed E-state index contributed by atoms with van der Waals surface area (Å²) in [6, 6.07) is 4.81. The van der Waals surface area contributed by atoms with Gasteiger partial charge in [0, 0.05) is 11.4 Å². The standard InChI is InChI=1S/C12H11ClN2O2/c13-8-3-4-9(10(16)6-8)12-14-11(15-17-12)5-7-1-2-7/h3-4,6-7,16H,1-2,5H2. The third-order valence-electron chi connectivity index (χ3n) is 2.83. The molecule has 88 valence electrons. The summed E-state index contributed by atoms with van der Waals surface area (Å²) in [5.41, 5.74) is 0.518. The van der Waals surface area contributed by atoms with E-state index in [-0.39, 0.29) is 5.75 Å². The number of hydrogen-bond donors (Lipinski definition) is 1. The van der Waals surface area contributed by atoms with Crippen LogP contribution in [0.2, 0.25) is 5.02 Å². The van der Waals surface area contributed by atoms with E-state index in [9.17, 15) is 5.11 Å². The smallest absolute Gasteiger partial charge is 0.261 e. The molecule has 1 aromatic heterocycles. The summed E-state index contributed by atoms with van der Waals surface area (Å²) in [6.07, 6.45) is 3.35. The summed E-state index contributed by atoms with van der Waals surface area (Å²) >= 11 is 5.76. The number of aromatic nitrogens is 2. The Bertz CT molecular complexity index is 549. The van der Waals surface area contributed by atoms with Crippen LogP contribution in [-0.4, -0.2) is 15.2 Å². The van der Waals surface area contributed by atoms with Gasteiger partial charge in [-0.3, -0.25) is 0 Å². The molecule has 2 aromatic rings. The van der Waals surface area contributed by atoms with Crippen LogP contribution in [0.4, 0.5) is 0 Å². The Hall–Kier alpha value is -1.55. The maximum atomic E-state index is 9.74. The molecule has 5 heteroatoms. The van der Waals surface area contributed by atoms with Crippen molar-refractivity contribution in [2.24, 2.45) is 5.92 Å². The zero-order valence-electron chi connectivity index (χ0n) is 9.06. The van der Waals surface area contributed by atoms with Crippen molar-refractivity contribution in [3.05, 3.63) is 29.0 Å². The Kier molecular flexibility index (Phi) is 2.52. The van der Waals surface area contributed by atoms with E-state index in [1.165, 1.54) is 18.9 Å². The largest absolute Gasteiger partial charge is 0.507 e. The van der Waals surface area contributed by atoms with Gasteiger partial charge in [-0.2, -0.15) is 4.98 Å². The zero-order valence-corrected chi connectivity index (χ0v) is 9.81. The lowest BCUT2D eigenvalue weighted by molar-refractivity contribution is 0.416. The predicted octanol–water partition coefficient (Wildman–Crippen LogP) is 3.05. The topological polar surface area (TPSA) is 59.2 Å². The average molecular weight is 251 g/mol. The van der Waals surface area contributed by atoms with E-state index < -0.39 is 0 Å². The summed E-state index contributed by atoms with van der Waals surface area (Å²) in [4.78, 5) is 4.27. The van der Waals surface area contributed by atoms with Crippen molar-refractivity contribution in [3.8, 4) is 17.2 Å². The van der Waals surface area contributed by atoms with E-state index in [1.807, 2.05) is 0 Å². The van der Waals surface area contributed by atoms with Gasteiger partial charge in [0.2, 0.25) is 0 Å². The first-order valence-electron chi connectivity index (χ1n) is 5.54. The van der Waals surface area contributed by atoms with Gasteiger partial charge in [0.1, 0.15) is 5.75 Å². The summed E-state index contributed by atoms with van der Waals surface area (Å²) in [5, 5.41) is 14.1. The molecule has 0 bridgehead atoms. The van der Waals surface area contributed by atoms with Gasteiger partial charge < -0.3 is 9.63 Å². The molecule has 1 heterocycles. The molecule has 1 fully saturated rings. The number of halogens is 1. The maximum Gasteiger partial charge on any atom is 0.261 e. The first-order chi connectivity index (χ1) is 8.22. The highest BCUT2D eigenvalue weighted by Gasteiger charge is 2.24. The lowest BCUT2D eigenvalue weighted by Gasteiger charge is -1.98. The van der Waals surface area contributed by atoms with Crippen LogP contribution >= 0.6 is 11.6 Å². The van der Waals surface area contributed by atoms with Crippen LogP contribution in [0.3, 0.4) is 0 Å². The van der Waals surface area contributed by atoms with Crippen LogP contribution in [0.15, 0.2) is 22.7 Å². The van der Waals surface area contributed by atoms with Crippen molar-refractivity contribution in [2.45, 2.75) is 19.3 Å². The Balaban J connectivity index is 1.89. The highest BCUT2D eigenvalue weighted by Crippen LogP contribution is 2.33. The molecule has 0 unspecified atom stereocenters. The van der Waals surface area contributed by atoms with E-state index in [4.69, 9.17) is 16.1 Å². The van der Waals surface area contributed by atoms with Gasteiger partial charge in [-0.1, -0.05) is 16.8 Å². The van der Waals surface area contributed by atoms with Crippen LogP contribution in [0, 0.1) is 5.92 Å². The highest BCUT2D eigenvalue weighted by molar-refractivity contribution is 6.30. The molecular formula is C12H11ClN2O2. The van der Waals surface area contributed by atoms with Crippen LogP contribution in [0.25, 0.3) is 11.5 Å². The third kappa shape index (κ3) is 2.26. The number of benzene rings is 1. The van der Waals surface area contributed by atoms with E-state index in [0.717, 1.165) is 6.42 Å². The number of phenolic OH excluding ortho intramolecular Hbond substituents is 1. The molecule has 1 N–H and O–H groups in total. The van der Waals surface area contributed by atoms with Crippen molar-refractivity contribution in [2.75, 3.05) is 0 Å². The van der Waals surface area contributed by atoms with Crippen LogP contribution in [-0.2, 0) is 6.42 Å². The number of phenols is 1. The van der Waals surface area contributed by atoms with Gasteiger partial charge in [0.05, 0.1) is 5.56 Å². The van der Waals surface area contributed by atoms with E-state index in [2.05, 4.69) is 10.1 Å². The molecule has 3 rings (SSSR count). The van der Waals surface area contributed by atoms with Crippen LogP contribution in [0.1, 0.15) is 18.7 Å². The maximum absolute atomic E-state index is 9.74. The van der Waals surface area contributed by atoms with Crippen molar-refractivity contribution >= 4 is 11.6 Å². The Morgan fingerprint density at radius 3 is 2.94 bits per heavy atom. The molecule has 1 aliphatic carbocycles.